The molecule has 0 aliphatic heterocycles. The first kappa shape index (κ1) is 20.8. The summed E-state index contributed by atoms with van der Waals surface area (Å²) in [4.78, 5) is 21.5. The molecule has 144 valence electrons. The van der Waals surface area contributed by atoms with Gasteiger partial charge in [0.2, 0.25) is 10.0 Å². The van der Waals surface area contributed by atoms with Crippen LogP contribution in [0.5, 0.6) is 5.75 Å². The lowest BCUT2D eigenvalue weighted by atomic mass is 10.2. The SMILES string of the molecule is COc1ccc(S(=O)(=O)NCC(=O)OCc2ccc(Br)cc2)c([N+](=O)[O-])c1. The van der Waals surface area contributed by atoms with E-state index in [9.17, 15) is 23.3 Å². The minimum absolute atomic E-state index is 0.0312. The maximum Gasteiger partial charge on any atom is 0.321 e. The van der Waals surface area contributed by atoms with Crippen LogP contribution in [0.15, 0.2) is 51.8 Å². The van der Waals surface area contributed by atoms with Crippen molar-refractivity contribution < 1.29 is 27.6 Å². The zero-order valence-corrected chi connectivity index (χ0v) is 16.4. The molecule has 0 saturated carbocycles. The van der Waals surface area contributed by atoms with Crippen molar-refractivity contribution in [1.29, 1.82) is 0 Å². The molecule has 0 bridgehead atoms. The van der Waals surface area contributed by atoms with Gasteiger partial charge in [0.25, 0.3) is 5.69 Å². The summed E-state index contributed by atoms with van der Waals surface area (Å²) in [6, 6.07) is 10.3. The molecule has 0 fully saturated rings. The normalized spacial score (nSPS) is 11.0. The Bertz CT molecular complexity index is 946. The third-order valence-corrected chi connectivity index (χ3v) is 5.35. The zero-order valence-electron chi connectivity index (χ0n) is 14.0. The molecule has 27 heavy (non-hydrogen) atoms. The average Bonchev–Trinajstić information content (AvgIpc) is 2.65. The molecule has 11 heteroatoms. The molecule has 0 aliphatic rings. The molecule has 0 saturated heterocycles. The molecule has 0 spiro atoms. The maximum absolute atomic E-state index is 12.3. The third kappa shape index (κ3) is 5.74. The Labute approximate surface area is 163 Å². The number of nitrogens with one attached hydrogen (secondary N) is 1. The Morgan fingerprint density at radius 1 is 1.22 bits per heavy atom. The van der Waals surface area contributed by atoms with Crippen molar-refractivity contribution in [3.05, 3.63) is 62.6 Å². The van der Waals surface area contributed by atoms with Gasteiger partial charge in [0, 0.05) is 4.47 Å². The molecule has 1 N–H and O–H groups in total. The molecule has 9 nitrogen and oxygen atoms in total. The Kier molecular flexibility index (Phi) is 6.88. The first-order chi connectivity index (χ1) is 12.7. The second kappa shape index (κ2) is 8.93. The van der Waals surface area contributed by atoms with E-state index in [0.717, 1.165) is 22.2 Å². The third-order valence-electron chi connectivity index (χ3n) is 3.37. The van der Waals surface area contributed by atoms with E-state index in [1.165, 1.54) is 13.2 Å². The van der Waals surface area contributed by atoms with Crippen LogP contribution in [-0.4, -0.2) is 33.0 Å². The van der Waals surface area contributed by atoms with Crippen LogP contribution in [0, 0.1) is 10.1 Å². The van der Waals surface area contributed by atoms with Gasteiger partial charge in [0.05, 0.1) is 18.1 Å². The number of sulfonamides is 1. The second-order valence-electron chi connectivity index (χ2n) is 5.20. The van der Waals surface area contributed by atoms with Gasteiger partial charge in [-0.1, -0.05) is 28.1 Å². The number of halogens is 1. The Balaban J connectivity index is 2.02. The zero-order chi connectivity index (χ0) is 20.0. The van der Waals surface area contributed by atoms with E-state index in [1.807, 2.05) is 4.72 Å². The molecule has 0 radical (unpaired) electrons. The summed E-state index contributed by atoms with van der Waals surface area (Å²) < 4.78 is 37.3. The number of nitro benzene ring substituents is 1. The average molecular weight is 459 g/mol. The highest BCUT2D eigenvalue weighted by Gasteiger charge is 2.27. The molecule has 0 aliphatic carbocycles. The fourth-order valence-corrected chi connectivity index (χ4v) is 3.40. The molecular weight excluding hydrogens is 444 g/mol. The number of carbonyl (C=O) groups is 1. The molecule has 2 aromatic carbocycles. The van der Waals surface area contributed by atoms with Gasteiger partial charge in [-0.25, -0.2) is 8.42 Å². The number of nitro groups is 1. The van der Waals surface area contributed by atoms with E-state index in [1.54, 1.807) is 24.3 Å². The van der Waals surface area contributed by atoms with Crippen molar-refractivity contribution in [2.75, 3.05) is 13.7 Å². The van der Waals surface area contributed by atoms with Crippen LogP contribution in [-0.2, 0) is 26.2 Å². The first-order valence-corrected chi connectivity index (χ1v) is 9.72. The van der Waals surface area contributed by atoms with Crippen LogP contribution in [0.4, 0.5) is 5.69 Å². The van der Waals surface area contributed by atoms with E-state index in [4.69, 9.17) is 9.47 Å². The van der Waals surface area contributed by atoms with Gasteiger partial charge < -0.3 is 9.47 Å². The van der Waals surface area contributed by atoms with E-state index in [0.29, 0.717) is 0 Å². The number of methoxy groups -OCH3 is 1. The quantitative estimate of drug-likeness (QED) is 0.365. The standard InChI is InChI=1S/C16H15BrN2O7S/c1-25-13-6-7-15(14(8-13)19(21)22)27(23,24)18-9-16(20)26-10-11-2-4-12(17)5-3-11/h2-8,18H,9-10H2,1H3. The molecule has 0 amide bonds. The molecule has 0 aromatic heterocycles. The van der Waals surface area contributed by atoms with Crippen molar-refractivity contribution in [2.24, 2.45) is 0 Å². The molecule has 0 unspecified atom stereocenters. The highest BCUT2D eigenvalue weighted by atomic mass is 79.9. The van der Waals surface area contributed by atoms with Crippen LogP contribution in [0.3, 0.4) is 0 Å². The number of hydrogen-bond donors (Lipinski definition) is 1. The van der Waals surface area contributed by atoms with Crippen molar-refractivity contribution in [1.82, 2.24) is 4.72 Å². The van der Waals surface area contributed by atoms with E-state index < -0.39 is 38.0 Å². The summed E-state index contributed by atoms with van der Waals surface area (Å²) in [5, 5.41) is 11.1. The first-order valence-electron chi connectivity index (χ1n) is 7.45. The summed E-state index contributed by atoms with van der Waals surface area (Å²) in [5.41, 5.74) is 0.0604. The molecular formula is C16H15BrN2O7S. The monoisotopic (exact) mass is 458 g/mol. The van der Waals surface area contributed by atoms with Crippen LogP contribution < -0.4 is 9.46 Å². The van der Waals surface area contributed by atoms with Gasteiger partial charge in [-0.2, -0.15) is 4.72 Å². The number of esters is 1. The predicted octanol–water partition coefficient (Wildman–Crippen LogP) is 2.39. The minimum atomic E-state index is -4.30. The minimum Gasteiger partial charge on any atom is -0.497 e. The van der Waals surface area contributed by atoms with Gasteiger partial charge in [-0.15, -0.1) is 0 Å². The fourth-order valence-electron chi connectivity index (χ4n) is 2.02. The highest BCUT2D eigenvalue weighted by molar-refractivity contribution is 9.10. The van der Waals surface area contributed by atoms with E-state index in [2.05, 4.69) is 15.9 Å². The Morgan fingerprint density at radius 3 is 2.48 bits per heavy atom. The predicted molar refractivity (Wildman–Crippen MR) is 98.8 cm³/mol. The largest absolute Gasteiger partial charge is 0.497 e. The van der Waals surface area contributed by atoms with Crippen molar-refractivity contribution in [3.8, 4) is 5.75 Å². The van der Waals surface area contributed by atoms with Crippen LogP contribution in [0.2, 0.25) is 0 Å². The van der Waals surface area contributed by atoms with Crippen molar-refractivity contribution in [3.63, 3.8) is 0 Å². The Hall–Kier alpha value is -2.50. The second-order valence-corrected chi connectivity index (χ2v) is 7.85. The lowest BCUT2D eigenvalue weighted by Crippen LogP contribution is -2.31. The number of hydrogen-bond acceptors (Lipinski definition) is 7. The van der Waals surface area contributed by atoms with E-state index in [-0.39, 0.29) is 12.4 Å². The number of benzene rings is 2. The summed E-state index contributed by atoms with van der Waals surface area (Å²) >= 11 is 3.28. The molecule has 2 aromatic rings. The molecule has 0 atom stereocenters. The van der Waals surface area contributed by atoms with Gasteiger partial charge in [-0.3, -0.25) is 14.9 Å². The maximum atomic E-state index is 12.3. The lowest BCUT2D eigenvalue weighted by molar-refractivity contribution is -0.387. The van der Waals surface area contributed by atoms with Gasteiger partial charge in [0.15, 0.2) is 4.90 Å². The van der Waals surface area contributed by atoms with Crippen molar-refractivity contribution >= 4 is 37.6 Å². The van der Waals surface area contributed by atoms with Gasteiger partial charge >= 0.3 is 5.97 Å². The van der Waals surface area contributed by atoms with Gasteiger partial charge in [-0.05, 0) is 29.8 Å². The number of ether oxygens (including phenoxy) is 2. The highest BCUT2D eigenvalue weighted by Crippen LogP contribution is 2.28. The lowest BCUT2D eigenvalue weighted by Gasteiger charge is -2.09. The molecule has 2 rings (SSSR count). The van der Waals surface area contributed by atoms with Gasteiger partial charge in [0.1, 0.15) is 18.9 Å². The summed E-state index contributed by atoms with van der Waals surface area (Å²) in [6.07, 6.45) is 0. The number of rotatable bonds is 8. The fraction of sp³-hybridized carbons (Fsp3) is 0.188. The van der Waals surface area contributed by atoms with Crippen molar-refractivity contribution in [2.45, 2.75) is 11.5 Å². The van der Waals surface area contributed by atoms with Crippen LogP contribution in [0.1, 0.15) is 5.56 Å². The summed E-state index contributed by atoms with van der Waals surface area (Å²) in [6.45, 7) is -0.696. The number of nitrogens with zero attached hydrogens (tertiary/aromatic N) is 1. The van der Waals surface area contributed by atoms with E-state index >= 15 is 0 Å². The number of carbonyl (C=O) groups excluding carboxylic acids is 1. The smallest absolute Gasteiger partial charge is 0.321 e. The summed E-state index contributed by atoms with van der Waals surface area (Å²) in [5.74, 6) is -0.688. The Morgan fingerprint density at radius 2 is 1.89 bits per heavy atom. The summed E-state index contributed by atoms with van der Waals surface area (Å²) in [7, 11) is -3.00. The topological polar surface area (TPSA) is 125 Å². The van der Waals surface area contributed by atoms with Crippen LogP contribution in [0.25, 0.3) is 0 Å². The molecule has 0 heterocycles. The van der Waals surface area contributed by atoms with Crippen LogP contribution >= 0.6 is 15.9 Å².